The van der Waals surface area contributed by atoms with E-state index in [1.165, 1.54) is 12.1 Å². The highest BCUT2D eigenvalue weighted by atomic mass is 16.6. The molecule has 0 spiro atoms. The summed E-state index contributed by atoms with van der Waals surface area (Å²) < 4.78 is 0. The Morgan fingerprint density at radius 1 is 1.65 bits per heavy atom. The van der Waals surface area contributed by atoms with Crippen LogP contribution in [0.4, 0.5) is 17.3 Å². The molecule has 92 valence electrons. The van der Waals surface area contributed by atoms with Gasteiger partial charge in [-0.2, -0.15) is 0 Å². The van der Waals surface area contributed by atoms with Gasteiger partial charge in [0.05, 0.1) is 23.2 Å². The first-order valence-electron chi connectivity index (χ1n) is 5.16. The van der Waals surface area contributed by atoms with Crippen molar-refractivity contribution in [3.63, 3.8) is 0 Å². The topological polar surface area (TPSA) is 118 Å². The number of rotatable bonds is 3. The molecule has 0 saturated carbocycles. The molecule has 1 aromatic rings. The predicted octanol–water partition coefficient (Wildman–Crippen LogP) is -0.154. The molecule has 1 saturated heterocycles. The number of hydrogen-bond acceptors (Lipinski definition) is 7. The number of hydrogen-bond donors (Lipinski definition) is 3. The zero-order valence-electron chi connectivity index (χ0n) is 9.04. The number of nitrogens with one attached hydrogen (secondary N) is 1. The second-order valence-electron chi connectivity index (χ2n) is 3.86. The number of nitrogen functional groups attached to an aromatic ring is 1. The first-order valence-corrected chi connectivity index (χ1v) is 5.16. The molecule has 0 aromatic carbocycles. The third-order valence-corrected chi connectivity index (χ3v) is 2.64. The van der Waals surface area contributed by atoms with Crippen LogP contribution in [0.5, 0.6) is 0 Å². The van der Waals surface area contributed by atoms with Crippen LogP contribution >= 0.6 is 0 Å². The molecule has 2 heterocycles. The normalized spacial score (nSPS) is 19.4. The maximum Gasteiger partial charge on any atom is 0.276 e. The van der Waals surface area contributed by atoms with Gasteiger partial charge in [-0.05, 0) is 6.42 Å². The van der Waals surface area contributed by atoms with Gasteiger partial charge in [-0.3, -0.25) is 10.1 Å². The molecule has 1 fully saturated rings. The van der Waals surface area contributed by atoms with Crippen LogP contribution in [0.3, 0.4) is 0 Å². The average molecular weight is 239 g/mol. The summed E-state index contributed by atoms with van der Waals surface area (Å²) in [6.07, 6.45) is 0.223. The number of nitrogens with two attached hydrogens (primary N) is 1. The lowest BCUT2D eigenvalue weighted by Crippen LogP contribution is -2.23. The number of aliphatic hydroxyl groups is 1. The fourth-order valence-corrected chi connectivity index (χ4v) is 1.79. The minimum atomic E-state index is -0.501. The SMILES string of the molecule is NNc1cc([N+](=O)[O-])cc(N2CCC(O)C2)n1. The Hall–Kier alpha value is -1.93. The molecule has 2 rings (SSSR count). The van der Waals surface area contributed by atoms with Gasteiger partial charge < -0.3 is 15.4 Å². The summed E-state index contributed by atoms with van der Waals surface area (Å²) in [5.74, 6) is 5.89. The van der Waals surface area contributed by atoms with Crippen LogP contribution < -0.4 is 16.2 Å². The summed E-state index contributed by atoms with van der Waals surface area (Å²) in [5, 5.41) is 20.2. The van der Waals surface area contributed by atoms with Gasteiger partial charge in [0.1, 0.15) is 11.6 Å². The molecule has 0 bridgehead atoms. The Kier molecular flexibility index (Phi) is 3.07. The summed E-state index contributed by atoms with van der Waals surface area (Å²) in [6, 6.07) is 2.63. The Morgan fingerprint density at radius 3 is 2.94 bits per heavy atom. The van der Waals surface area contributed by atoms with Crippen molar-refractivity contribution >= 4 is 17.3 Å². The lowest BCUT2D eigenvalue weighted by atomic mass is 10.3. The van der Waals surface area contributed by atoms with E-state index in [-0.39, 0.29) is 11.5 Å². The van der Waals surface area contributed by atoms with Crippen LogP contribution in [0.1, 0.15) is 6.42 Å². The highest BCUT2D eigenvalue weighted by molar-refractivity contribution is 5.56. The number of anilines is 2. The van der Waals surface area contributed by atoms with Gasteiger partial charge in [0.25, 0.3) is 5.69 Å². The number of β-amino-alcohol motifs (C(OH)–C–C–N with tert-alkyl or cyclic N) is 1. The molecule has 1 aromatic heterocycles. The molecule has 0 amide bonds. The van der Waals surface area contributed by atoms with Crippen molar-refractivity contribution in [2.45, 2.75) is 12.5 Å². The molecule has 0 aliphatic carbocycles. The maximum absolute atomic E-state index is 10.7. The summed E-state index contributed by atoms with van der Waals surface area (Å²) in [4.78, 5) is 16.2. The predicted molar refractivity (Wildman–Crippen MR) is 61.5 cm³/mol. The van der Waals surface area contributed by atoms with E-state index in [0.29, 0.717) is 25.3 Å². The zero-order chi connectivity index (χ0) is 12.4. The van der Waals surface area contributed by atoms with Crippen LogP contribution in [0.25, 0.3) is 0 Å². The fraction of sp³-hybridized carbons (Fsp3) is 0.444. The number of nitro groups is 1. The number of nitrogens with zero attached hydrogens (tertiary/aromatic N) is 3. The van der Waals surface area contributed by atoms with Crippen molar-refractivity contribution in [3.8, 4) is 0 Å². The standard InChI is InChI=1S/C9H13N5O3/c10-12-8-3-6(14(16)17)4-9(11-8)13-2-1-7(15)5-13/h3-4,7,15H,1-2,5,10H2,(H,11,12). The van der Waals surface area contributed by atoms with Crippen LogP contribution in [0.2, 0.25) is 0 Å². The summed E-state index contributed by atoms with van der Waals surface area (Å²) >= 11 is 0. The molecular formula is C9H13N5O3. The van der Waals surface area contributed by atoms with Gasteiger partial charge >= 0.3 is 0 Å². The highest BCUT2D eigenvalue weighted by Crippen LogP contribution is 2.25. The molecule has 4 N–H and O–H groups in total. The van der Waals surface area contributed by atoms with Gasteiger partial charge in [0.2, 0.25) is 0 Å². The number of aliphatic hydroxyl groups excluding tert-OH is 1. The third-order valence-electron chi connectivity index (χ3n) is 2.64. The highest BCUT2D eigenvalue weighted by Gasteiger charge is 2.23. The third kappa shape index (κ3) is 2.43. The minimum absolute atomic E-state index is 0.0793. The molecular weight excluding hydrogens is 226 g/mol. The van der Waals surface area contributed by atoms with E-state index in [1.54, 1.807) is 4.90 Å². The first-order chi connectivity index (χ1) is 8.10. The van der Waals surface area contributed by atoms with E-state index in [9.17, 15) is 15.2 Å². The van der Waals surface area contributed by atoms with Crippen molar-refractivity contribution in [3.05, 3.63) is 22.2 Å². The molecule has 8 heteroatoms. The second kappa shape index (κ2) is 4.52. The molecule has 1 unspecified atom stereocenters. The van der Waals surface area contributed by atoms with Crippen LogP contribution in [-0.2, 0) is 0 Å². The molecule has 8 nitrogen and oxygen atoms in total. The molecule has 17 heavy (non-hydrogen) atoms. The largest absolute Gasteiger partial charge is 0.391 e. The Morgan fingerprint density at radius 2 is 2.41 bits per heavy atom. The average Bonchev–Trinajstić information content (AvgIpc) is 2.75. The summed E-state index contributed by atoms with van der Waals surface area (Å²) in [6.45, 7) is 1.05. The van der Waals surface area contributed by atoms with Crippen LogP contribution in [0.15, 0.2) is 12.1 Å². The maximum atomic E-state index is 10.7. The Bertz CT molecular complexity index is 439. The van der Waals surface area contributed by atoms with Gasteiger partial charge in [0, 0.05) is 13.1 Å². The number of hydrazine groups is 1. The van der Waals surface area contributed by atoms with Crippen LogP contribution in [-0.4, -0.2) is 34.2 Å². The summed E-state index contributed by atoms with van der Waals surface area (Å²) in [7, 11) is 0. The van der Waals surface area contributed by atoms with E-state index in [4.69, 9.17) is 5.84 Å². The number of aromatic nitrogens is 1. The van der Waals surface area contributed by atoms with Crippen LogP contribution in [0, 0.1) is 10.1 Å². The van der Waals surface area contributed by atoms with Crippen molar-refractivity contribution in [2.24, 2.45) is 5.84 Å². The zero-order valence-corrected chi connectivity index (χ0v) is 9.04. The van der Waals surface area contributed by atoms with Crippen molar-refractivity contribution in [1.29, 1.82) is 0 Å². The van der Waals surface area contributed by atoms with Gasteiger partial charge in [-0.15, -0.1) is 0 Å². The Balaban J connectivity index is 2.32. The van der Waals surface area contributed by atoms with Crippen molar-refractivity contribution < 1.29 is 10.0 Å². The number of pyridine rings is 1. The quantitative estimate of drug-likeness (QED) is 0.381. The fourth-order valence-electron chi connectivity index (χ4n) is 1.79. The van der Waals surface area contributed by atoms with Crippen molar-refractivity contribution in [2.75, 3.05) is 23.4 Å². The van der Waals surface area contributed by atoms with E-state index >= 15 is 0 Å². The lowest BCUT2D eigenvalue weighted by molar-refractivity contribution is -0.384. The van der Waals surface area contributed by atoms with Crippen molar-refractivity contribution in [1.82, 2.24) is 4.98 Å². The molecule has 0 radical (unpaired) electrons. The Labute approximate surface area is 97.2 Å². The lowest BCUT2D eigenvalue weighted by Gasteiger charge is -2.16. The van der Waals surface area contributed by atoms with E-state index in [2.05, 4.69) is 10.4 Å². The first kappa shape index (κ1) is 11.6. The van der Waals surface area contributed by atoms with Gasteiger partial charge in [-0.1, -0.05) is 0 Å². The van der Waals surface area contributed by atoms with E-state index < -0.39 is 11.0 Å². The van der Waals surface area contributed by atoms with E-state index in [1.807, 2.05) is 0 Å². The summed E-state index contributed by atoms with van der Waals surface area (Å²) in [5.41, 5.74) is 2.21. The molecule has 1 aliphatic rings. The van der Waals surface area contributed by atoms with Gasteiger partial charge in [-0.25, -0.2) is 10.8 Å². The smallest absolute Gasteiger partial charge is 0.276 e. The monoisotopic (exact) mass is 239 g/mol. The molecule has 1 atom stereocenters. The molecule has 1 aliphatic heterocycles. The second-order valence-corrected chi connectivity index (χ2v) is 3.86. The minimum Gasteiger partial charge on any atom is -0.391 e. The van der Waals surface area contributed by atoms with Gasteiger partial charge in [0.15, 0.2) is 0 Å². The van der Waals surface area contributed by atoms with E-state index in [0.717, 1.165) is 0 Å².